The van der Waals surface area contributed by atoms with Gasteiger partial charge < -0.3 is 5.32 Å². The molecule has 0 fully saturated rings. The molecule has 0 saturated heterocycles. The number of hydrogen-bond acceptors (Lipinski definition) is 3. The number of amides is 1. The van der Waals surface area contributed by atoms with E-state index in [0.29, 0.717) is 5.69 Å². The van der Waals surface area contributed by atoms with Crippen molar-refractivity contribution in [1.29, 1.82) is 0 Å². The SMILES string of the molecule is Cc1ccccc1N(CC(=O)NC(c1ccccc1)c1ccccc1)S(=O)(=O)c1ccccc1. The molecule has 0 radical (unpaired) electrons. The van der Waals surface area contributed by atoms with Crippen LogP contribution in [0.4, 0.5) is 5.69 Å². The summed E-state index contributed by atoms with van der Waals surface area (Å²) in [5.74, 6) is -0.402. The van der Waals surface area contributed by atoms with Crippen LogP contribution in [0, 0.1) is 6.92 Å². The fraction of sp³-hybridized carbons (Fsp3) is 0.107. The number of aryl methyl sites for hydroxylation is 1. The third-order valence-electron chi connectivity index (χ3n) is 5.57. The van der Waals surface area contributed by atoms with Crippen LogP contribution >= 0.6 is 0 Å². The molecule has 0 aliphatic carbocycles. The second-order valence-corrected chi connectivity index (χ2v) is 9.80. The van der Waals surface area contributed by atoms with Crippen LogP contribution in [0.2, 0.25) is 0 Å². The lowest BCUT2D eigenvalue weighted by molar-refractivity contribution is -0.120. The molecule has 0 aliphatic rings. The second kappa shape index (κ2) is 10.4. The topological polar surface area (TPSA) is 66.5 Å². The number of carbonyl (C=O) groups is 1. The summed E-state index contributed by atoms with van der Waals surface area (Å²) in [6.45, 7) is 1.48. The molecule has 0 spiro atoms. The molecule has 4 rings (SSSR count). The van der Waals surface area contributed by atoms with Gasteiger partial charge in [-0.25, -0.2) is 8.42 Å². The van der Waals surface area contributed by atoms with Gasteiger partial charge in [-0.3, -0.25) is 9.10 Å². The van der Waals surface area contributed by atoms with Crippen molar-refractivity contribution >= 4 is 21.6 Å². The highest BCUT2D eigenvalue weighted by Crippen LogP contribution is 2.27. The Bertz CT molecular complexity index is 1300. The van der Waals surface area contributed by atoms with E-state index in [1.54, 1.807) is 30.3 Å². The first-order valence-electron chi connectivity index (χ1n) is 11.0. The van der Waals surface area contributed by atoms with Crippen molar-refractivity contribution in [3.63, 3.8) is 0 Å². The van der Waals surface area contributed by atoms with E-state index in [4.69, 9.17) is 0 Å². The highest BCUT2D eigenvalue weighted by molar-refractivity contribution is 7.92. The molecule has 0 aromatic heterocycles. The first-order chi connectivity index (χ1) is 16.5. The van der Waals surface area contributed by atoms with Crippen molar-refractivity contribution in [3.05, 3.63) is 132 Å². The molecule has 1 N–H and O–H groups in total. The minimum Gasteiger partial charge on any atom is -0.344 e. The molecule has 6 heteroatoms. The average molecular weight is 471 g/mol. The molecule has 34 heavy (non-hydrogen) atoms. The van der Waals surface area contributed by atoms with E-state index in [2.05, 4.69) is 5.32 Å². The summed E-state index contributed by atoms with van der Waals surface area (Å²) in [6, 6.07) is 34.2. The lowest BCUT2D eigenvalue weighted by atomic mass is 9.99. The number of para-hydroxylation sites is 1. The monoisotopic (exact) mass is 470 g/mol. The van der Waals surface area contributed by atoms with Gasteiger partial charge in [0.1, 0.15) is 6.54 Å². The van der Waals surface area contributed by atoms with Crippen molar-refractivity contribution < 1.29 is 13.2 Å². The Morgan fingerprint density at radius 2 is 1.21 bits per heavy atom. The smallest absolute Gasteiger partial charge is 0.264 e. The van der Waals surface area contributed by atoms with Crippen LogP contribution in [0.25, 0.3) is 0 Å². The maximum Gasteiger partial charge on any atom is 0.264 e. The summed E-state index contributed by atoms with van der Waals surface area (Å²) in [5, 5.41) is 3.05. The van der Waals surface area contributed by atoms with E-state index in [1.165, 1.54) is 16.4 Å². The van der Waals surface area contributed by atoms with Crippen molar-refractivity contribution in [2.45, 2.75) is 17.9 Å². The quantitative estimate of drug-likeness (QED) is 0.390. The minimum atomic E-state index is -3.96. The van der Waals surface area contributed by atoms with Gasteiger partial charge in [-0.2, -0.15) is 0 Å². The fourth-order valence-electron chi connectivity index (χ4n) is 3.85. The van der Waals surface area contributed by atoms with Crippen molar-refractivity contribution in [2.24, 2.45) is 0 Å². The van der Waals surface area contributed by atoms with Gasteiger partial charge >= 0.3 is 0 Å². The molecule has 1 amide bonds. The third kappa shape index (κ3) is 5.18. The molecule has 0 saturated carbocycles. The van der Waals surface area contributed by atoms with E-state index in [-0.39, 0.29) is 11.4 Å². The number of carbonyl (C=O) groups excluding carboxylic acids is 1. The number of rotatable bonds is 8. The Hall–Kier alpha value is -3.90. The summed E-state index contributed by atoms with van der Waals surface area (Å²) >= 11 is 0. The Morgan fingerprint density at radius 1 is 0.735 bits per heavy atom. The third-order valence-corrected chi connectivity index (χ3v) is 7.35. The molecule has 4 aromatic carbocycles. The summed E-state index contributed by atoms with van der Waals surface area (Å²) in [4.78, 5) is 13.5. The van der Waals surface area contributed by atoms with E-state index >= 15 is 0 Å². The highest BCUT2D eigenvalue weighted by Gasteiger charge is 2.29. The molecule has 0 aliphatic heterocycles. The number of anilines is 1. The van der Waals surface area contributed by atoms with Gasteiger partial charge in [0, 0.05) is 0 Å². The van der Waals surface area contributed by atoms with Gasteiger partial charge in [-0.1, -0.05) is 97.1 Å². The van der Waals surface area contributed by atoms with Crippen LogP contribution in [0.5, 0.6) is 0 Å². The predicted octanol–water partition coefficient (Wildman–Crippen LogP) is 5.10. The maximum atomic E-state index is 13.6. The number of sulfonamides is 1. The van der Waals surface area contributed by atoms with Crippen molar-refractivity contribution in [1.82, 2.24) is 5.32 Å². The predicted molar refractivity (Wildman–Crippen MR) is 135 cm³/mol. The number of benzene rings is 4. The first-order valence-corrected chi connectivity index (χ1v) is 12.4. The number of nitrogens with one attached hydrogen (secondary N) is 1. The zero-order valence-electron chi connectivity index (χ0n) is 18.8. The molecule has 172 valence electrons. The first kappa shape index (κ1) is 23.3. The Kier molecular flexibility index (Phi) is 7.09. The second-order valence-electron chi connectivity index (χ2n) is 7.93. The van der Waals surface area contributed by atoms with E-state index in [0.717, 1.165) is 16.7 Å². The lowest BCUT2D eigenvalue weighted by Gasteiger charge is -2.27. The Labute approximate surface area is 200 Å². The molecule has 0 atom stereocenters. The molecular weight excluding hydrogens is 444 g/mol. The number of hydrogen-bond donors (Lipinski definition) is 1. The molecule has 0 heterocycles. The number of nitrogens with zero attached hydrogens (tertiary/aromatic N) is 1. The van der Waals surface area contributed by atoms with Gasteiger partial charge in [0.25, 0.3) is 10.0 Å². The minimum absolute atomic E-state index is 0.133. The van der Waals surface area contributed by atoms with Gasteiger partial charge in [0.05, 0.1) is 16.6 Å². The van der Waals surface area contributed by atoms with Crippen LogP contribution in [-0.4, -0.2) is 20.9 Å². The largest absolute Gasteiger partial charge is 0.344 e. The Morgan fingerprint density at radius 3 is 1.74 bits per heavy atom. The molecule has 0 unspecified atom stereocenters. The van der Waals surface area contributed by atoms with Gasteiger partial charge in [-0.05, 0) is 41.8 Å². The van der Waals surface area contributed by atoms with Gasteiger partial charge in [0.15, 0.2) is 0 Å². The highest BCUT2D eigenvalue weighted by atomic mass is 32.2. The fourth-order valence-corrected chi connectivity index (χ4v) is 5.36. The van der Waals surface area contributed by atoms with Crippen LogP contribution in [-0.2, 0) is 14.8 Å². The zero-order chi connectivity index (χ0) is 24.0. The lowest BCUT2D eigenvalue weighted by Crippen LogP contribution is -2.42. The Balaban J connectivity index is 1.68. The normalized spacial score (nSPS) is 11.2. The molecule has 0 bridgehead atoms. The van der Waals surface area contributed by atoms with Gasteiger partial charge in [-0.15, -0.1) is 0 Å². The van der Waals surface area contributed by atoms with E-state index in [1.807, 2.05) is 79.7 Å². The van der Waals surface area contributed by atoms with E-state index in [9.17, 15) is 13.2 Å². The standard InChI is InChI=1S/C28H26N2O3S/c1-22-13-11-12-20-26(22)30(34(32,33)25-18-9-4-10-19-25)21-27(31)29-28(23-14-5-2-6-15-23)24-16-7-3-8-17-24/h2-20,28H,21H2,1H3,(H,29,31). The van der Waals surface area contributed by atoms with E-state index < -0.39 is 22.0 Å². The zero-order valence-corrected chi connectivity index (χ0v) is 19.7. The van der Waals surface area contributed by atoms with Crippen LogP contribution in [0.1, 0.15) is 22.7 Å². The van der Waals surface area contributed by atoms with Gasteiger partial charge in [0.2, 0.25) is 5.91 Å². The van der Waals surface area contributed by atoms with Crippen LogP contribution in [0.3, 0.4) is 0 Å². The maximum absolute atomic E-state index is 13.6. The summed E-state index contributed by atoms with van der Waals surface area (Å²) < 4.78 is 28.4. The summed E-state index contributed by atoms with van der Waals surface area (Å²) in [5.41, 5.74) is 3.06. The van der Waals surface area contributed by atoms with Crippen LogP contribution < -0.4 is 9.62 Å². The molecule has 4 aromatic rings. The summed E-state index contributed by atoms with van der Waals surface area (Å²) in [7, 11) is -3.96. The summed E-state index contributed by atoms with van der Waals surface area (Å²) in [6.07, 6.45) is 0. The van der Waals surface area contributed by atoms with Crippen molar-refractivity contribution in [3.8, 4) is 0 Å². The average Bonchev–Trinajstić information content (AvgIpc) is 2.88. The molecule has 5 nitrogen and oxygen atoms in total. The van der Waals surface area contributed by atoms with Crippen molar-refractivity contribution in [2.75, 3.05) is 10.8 Å². The molecular formula is C28H26N2O3S. The van der Waals surface area contributed by atoms with Crippen LogP contribution in [0.15, 0.2) is 120 Å².